The van der Waals surface area contributed by atoms with Crippen LogP contribution in [0, 0.1) is 0 Å². The maximum Gasteiger partial charge on any atom is 0.306 e. The summed E-state index contributed by atoms with van der Waals surface area (Å²) in [4.78, 5) is 13.0. The van der Waals surface area contributed by atoms with Crippen LogP contribution >= 0.6 is 0 Å². The first-order valence-electron chi connectivity index (χ1n) is 27.6. The lowest BCUT2D eigenvalue weighted by Crippen LogP contribution is -2.61. The van der Waals surface area contributed by atoms with Crippen molar-refractivity contribution in [2.24, 2.45) is 0 Å². The standard InChI is InChI=1S/C55H100O14/c1-3-5-7-9-11-13-15-17-19-20-21-22-23-25-27-29-31-33-35-37-39-64-41-44(67-47(57)38-36-34-32-30-28-26-24-18-16-14-12-10-8-6-4-2)42-65-54-53(63)51(61)49(59)46(69-54)43-66-55-52(62)50(60)48(58)45(40-56)68-55/h11,13,17,19,21-22,44-46,48-56,58-63H,3-10,12,14-16,18,20,23-43H2,1-2H3/b13-11-,19-17-,22-21-. The molecule has 11 unspecified atom stereocenters. The number of aliphatic hydroxyl groups is 7. The lowest BCUT2D eigenvalue weighted by atomic mass is 9.98. The Kier molecular flexibility index (Phi) is 39.2. The summed E-state index contributed by atoms with van der Waals surface area (Å²) in [6.07, 6.45) is 32.0. The molecule has 7 N–H and O–H groups in total. The Morgan fingerprint density at radius 1 is 0.478 bits per heavy atom. The molecule has 2 aliphatic rings. The fraction of sp³-hybridized carbons (Fsp3) is 0.873. The summed E-state index contributed by atoms with van der Waals surface area (Å²) in [6.45, 7) is 3.66. The third kappa shape index (κ3) is 30.1. The van der Waals surface area contributed by atoms with E-state index in [4.69, 9.17) is 28.4 Å². The lowest BCUT2D eigenvalue weighted by molar-refractivity contribution is -0.332. The largest absolute Gasteiger partial charge is 0.457 e. The van der Waals surface area contributed by atoms with E-state index in [-0.39, 0.29) is 25.6 Å². The second-order valence-electron chi connectivity index (χ2n) is 19.4. The fourth-order valence-corrected chi connectivity index (χ4v) is 8.65. The topological polar surface area (TPSA) is 214 Å². The molecule has 0 radical (unpaired) electrons. The Balaban J connectivity index is 1.74. The van der Waals surface area contributed by atoms with Gasteiger partial charge in [-0.15, -0.1) is 0 Å². The molecule has 2 aliphatic heterocycles. The van der Waals surface area contributed by atoms with Gasteiger partial charge in [0.05, 0.1) is 26.4 Å². The van der Waals surface area contributed by atoms with Crippen molar-refractivity contribution in [3.05, 3.63) is 36.5 Å². The molecule has 2 saturated heterocycles. The third-order valence-corrected chi connectivity index (χ3v) is 13.2. The van der Waals surface area contributed by atoms with Gasteiger partial charge < -0.3 is 64.2 Å². The van der Waals surface area contributed by atoms with Crippen molar-refractivity contribution in [3.63, 3.8) is 0 Å². The van der Waals surface area contributed by atoms with Gasteiger partial charge in [0.15, 0.2) is 12.6 Å². The number of hydrogen-bond acceptors (Lipinski definition) is 14. The van der Waals surface area contributed by atoms with E-state index in [1.165, 1.54) is 122 Å². The molecule has 2 fully saturated rings. The first kappa shape index (κ1) is 63.3. The molecule has 14 nitrogen and oxygen atoms in total. The van der Waals surface area contributed by atoms with Crippen LogP contribution in [-0.2, 0) is 33.2 Å². The summed E-state index contributed by atoms with van der Waals surface area (Å²) in [5, 5.41) is 72.2. The highest BCUT2D eigenvalue weighted by atomic mass is 16.7. The van der Waals surface area contributed by atoms with Gasteiger partial charge in [-0.1, -0.05) is 185 Å². The summed E-state index contributed by atoms with van der Waals surface area (Å²) in [6, 6.07) is 0. The SMILES string of the molecule is CCCCC/C=C\C/C=C\C/C=C\CCCCCCCCCOCC(COC1OC(COC2OC(CO)C(O)C(O)C2O)C(O)C(O)C1O)OC(=O)CCCCCCCCCCCCCCCCC. The van der Waals surface area contributed by atoms with Crippen LogP contribution in [0.1, 0.15) is 206 Å². The number of carbonyl (C=O) groups is 1. The van der Waals surface area contributed by atoms with Crippen molar-refractivity contribution in [1.29, 1.82) is 0 Å². The fourth-order valence-electron chi connectivity index (χ4n) is 8.65. The second-order valence-corrected chi connectivity index (χ2v) is 19.4. The minimum atomic E-state index is -1.71. The smallest absolute Gasteiger partial charge is 0.306 e. The van der Waals surface area contributed by atoms with Gasteiger partial charge in [0, 0.05) is 13.0 Å². The molecule has 0 spiro atoms. The average molecular weight is 985 g/mol. The van der Waals surface area contributed by atoms with Crippen LogP contribution in [0.15, 0.2) is 36.5 Å². The molecule has 0 aromatic carbocycles. The zero-order valence-electron chi connectivity index (χ0n) is 43.1. The highest BCUT2D eigenvalue weighted by Gasteiger charge is 2.47. The molecule has 0 aromatic heterocycles. The summed E-state index contributed by atoms with van der Waals surface area (Å²) in [7, 11) is 0. The zero-order valence-corrected chi connectivity index (χ0v) is 43.1. The number of unbranched alkanes of at least 4 members (excludes halogenated alkanes) is 24. The summed E-state index contributed by atoms with van der Waals surface area (Å²) < 4.78 is 34.3. The number of aliphatic hydroxyl groups excluding tert-OH is 7. The van der Waals surface area contributed by atoms with Crippen LogP contribution in [0.2, 0.25) is 0 Å². The normalized spacial score (nSPS) is 25.9. The van der Waals surface area contributed by atoms with E-state index in [1.54, 1.807) is 0 Å². The molecular weight excluding hydrogens is 885 g/mol. The molecule has 2 rings (SSSR count). The predicted octanol–water partition coefficient (Wildman–Crippen LogP) is 8.97. The van der Waals surface area contributed by atoms with Crippen LogP contribution in [0.25, 0.3) is 0 Å². The molecular formula is C55H100O14. The zero-order chi connectivity index (χ0) is 50.2. The maximum atomic E-state index is 13.0. The van der Waals surface area contributed by atoms with Crippen molar-refractivity contribution < 1.29 is 69.0 Å². The van der Waals surface area contributed by atoms with Gasteiger partial charge in [-0.05, 0) is 51.4 Å². The molecule has 0 amide bonds. The van der Waals surface area contributed by atoms with Gasteiger partial charge in [-0.2, -0.15) is 0 Å². The Morgan fingerprint density at radius 2 is 0.899 bits per heavy atom. The highest BCUT2D eigenvalue weighted by molar-refractivity contribution is 5.69. The number of ether oxygens (including phenoxy) is 6. The molecule has 0 aliphatic carbocycles. The Morgan fingerprint density at radius 3 is 1.43 bits per heavy atom. The maximum absolute atomic E-state index is 13.0. The number of allylic oxidation sites excluding steroid dienone is 6. The van der Waals surface area contributed by atoms with E-state index in [0.29, 0.717) is 13.0 Å². The van der Waals surface area contributed by atoms with E-state index in [2.05, 4.69) is 50.3 Å². The third-order valence-electron chi connectivity index (χ3n) is 13.2. The molecule has 0 saturated carbocycles. The molecule has 0 aromatic rings. The molecule has 0 bridgehead atoms. The molecule has 404 valence electrons. The number of rotatable bonds is 44. The van der Waals surface area contributed by atoms with Crippen molar-refractivity contribution in [2.45, 2.75) is 274 Å². The van der Waals surface area contributed by atoms with Crippen molar-refractivity contribution in [2.75, 3.05) is 33.0 Å². The molecule has 2 heterocycles. The first-order chi connectivity index (χ1) is 33.6. The van der Waals surface area contributed by atoms with E-state index in [1.807, 2.05) is 0 Å². The highest BCUT2D eigenvalue weighted by Crippen LogP contribution is 2.26. The Bertz CT molecular complexity index is 1280. The van der Waals surface area contributed by atoms with Crippen LogP contribution in [0.3, 0.4) is 0 Å². The molecule has 14 heteroatoms. The van der Waals surface area contributed by atoms with Gasteiger partial charge >= 0.3 is 5.97 Å². The van der Waals surface area contributed by atoms with Crippen molar-refractivity contribution in [1.82, 2.24) is 0 Å². The van der Waals surface area contributed by atoms with Gasteiger partial charge in [0.25, 0.3) is 0 Å². The van der Waals surface area contributed by atoms with Gasteiger partial charge in [0.2, 0.25) is 0 Å². The van der Waals surface area contributed by atoms with Crippen molar-refractivity contribution in [3.8, 4) is 0 Å². The van der Waals surface area contributed by atoms with Crippen LogP contribution in [0.5, 0.6) is 0 Å². The van der Waals surface area contributed by atoms with Gasteiger partial charge in [0.1, 0.15) is 54.9 Å². The van der Waals surface area contributed by atoms with E-state index < -0.39 is 80.7 Å². The second kappa shape index (κ2) is 42.7. The number of esters is 1. The predicted molar refractivity (Wildman–Crippen MR) is 270 cm³/mol. The van der Waals surface area contributed by atoms with Crippen molar-refractivity contribution >= 4 is 5.97 Å². The van der Waals surface area contributed by atoms with E-state index in [9.17, 15) is 40.5 Å². The first-order valence-corrected chi connectivity index (χ1v) is 27.6. The monoisotopic (exact) mass is 985 g/mol. The van der Waals surface area contributed by atoms with Gasteiger partial charge in [-0.3, -0.25) is 4.79 Å². The number of hydrogen-bond donors (Lipinski definition) is 7. The van der Waals surface area contributed by atoms with Gasteiger partial charge in [-0.25, -0.2) is 0 Å². The summed E-state index contributed by atoms with van der Waals surface area (Å²) in [5.74, 6) is -0.378. The Labute approximate surface area is 417 Å². The molecule has 69 heavy (non-hydrogen) atoms. The van der Waals surface area contributed by atoms with Crippen LogP contribution in [0.4, 0.5) is 0 Å². The minimum absolute atomic E-state index is 0.0573. The summed E-state index contributed by atoms with van der Waals surface area (Å²) in [5.41, 5.74) is 0. The van der Waals surface area contributed by atoms with E-state index >= 15 is 0 Å². The lowest BCUT2D eigenvalue weighted by Gasteiger charge is -2.42. The summed E-state index contributed by atoms with van der Waals surface area (Å²) >= 11 is 0. The average Bonchev–Trinajstić information content (AvgIpc) is 3.35. The van der Waals surface area contributed by atoms with Crippen LogP contribution < -0.4 is 0 Å². The molecule has 11 atom stereocenters. The quantitative estimate of drug-likeness (QED) is 0.0173. The Hall–Kier alpha value is -1.79. The van der Waals surface area contributed by atoms with E-state index in [0.717, 1.165) is 57.8 Å². The number of carbonyl (C=O) groups excluding carboxylic acids is 1. The minimum Gasteiger partial charge on any atom is -0.457 e. The van der Waals surface area contributed by atoms with Crippen LogP contribution in [-0.4, -0.2) is 142 Å².